The van der Waals surface area contributed by atoms with E-state index in [1.807, 2.05) is 37.6 Å². The van der Waals surface area contributed by atoms with Crippen molar-refractivity contribution in [3.63, 3.8) is 0 Å². The third kappa shape index (κ3) is 4.39. The molecule has 11 heteroatoms. The molecule has 1 atom stereocenters. The number of anilines is 2. The Labute approximate surface area is 225 Å². The van der Waals surface area contributed by atoms with Crippen LogP contribution in [0.5, 0.6) is 0 Å². The lowest BCUT2D eigenvalue weighted by Gasteiger charge is -2.41. The molecule has 0 spiro atoms. The van der Waals surface area contributed by atoms with Crippen LogP contribution in [-0.4, -0.2) is 58.2 Å². The molecule has 2 aromatic rings. The molecule has 10 nitrogen and oxygen atoms in total. The monoisotopic (exact) mass is 539 g/mol. The maximum atomic E-state index is 13.1. The molecule has 204 valence electrons. The lowest BCUT2D eigenvalue weighted by molar-refractivity contribution is 0.113. The van der Waals surface area contributed by atoms with Crippen LogP contribution in [0.15, 0.2) is 29.3 Å². The van der Waals surface area contributed by atoms with Crippen molar-refractivity contribution >= 4 is 27.6 Å². The summed E-state index contributed by atoms with van der Waals surface area (Å²) in [7, 11) is 0.621. The van der Waals surface area contributed by atoms with E-state index >= 15 is 0 Å². The number of rotatable bonds is 5. The fraction of sp³-hybridized carbons (Fsp3) is 0.556. The van der Waals surface area contributed by atoms with E-state index < -0.39 is 27.3 Å². The summed E-state index contributed by atoms with van der Waals surface area (Å²) < 4.78 is 29.6. The first-order valence-electron chi connectivity index (χ1n) is 13.1. The number of nitriles is 1. The summed E-state index contributed by atoms with van der Waals surface area (Å²) in [6.07, 6.45) is 6.52. The largest absolute Gasteiger partial charge is 0.369 e. The number of nitrogens with one attached hydrogen (secondary N) is 2. The third-order valence-electron chi connectivity index (χ3n) is 8.15. The van der Waals surface area contributed by atoms with Gasteiger partial charge in [-0.2, -0.15) is 14.7 Å². The lowest BCUT2D eigenvalue weighted by atomic mass is 9.77. The van der Waals surface area contributed by atoms with Crippen LogP contribution in [-0.2, 0) is 22.1 Å². The highest BCUT2D eigenvalue weighted by Gasteiger charge is 2.43. The lowest BCUT2D eigenvalue weighted by Crippen LogP contribution is -2.44. The molecule has 0 saturated heterocycles. The molecule has 2 aliphatic heterocycles. The number of aromatic nitrogens is 2. The quantitative estimate of drug-likeness (QED) is 0.526. The van der Waals surface area contributed by atoms with Gasteiger partial charge in [-0.1, -0.05) is 0 Å². The minimum Gasteiger partial charge on any atom is -0.369 e. The topological polar surface area (TPSA) is 127 Å². The van der Waals surface area contributed by atoms with Gasteiger partial charge in [0, 0.05) is 30.0 Å². The number of nitrogens with zero attached hydrogens (tertiary/aromatic N) is 5. The van der Waals surface area contributed by atoms with Crippen LogP contribution < -0.4 is 10.6 Å². The van der Waals surface area contributed by atoms with E-state index in [4.69, 9.17) is 5.10 Å². The summed E-state index contributed by atoms with van der Waals surface area (Å²) >= 11 is 0. The molecule has 5 rings (SSSR count). The van der Waals surface area contributed by atoms with Gasteiger partial charge in [0.1, 0.15) is 0 Å². The van der Waals surface area contributed by atoms with E-state index in [9.17, 15) is 18.8 Å². The minimum atomic E-state index is -3.56. The average Bonchev–Trinajstić information content (AvgIpc) is 3.35. The van der Waals surface area contributed by atoms with Crippen molar-refractivity contribution in [2.24, 2.45) is 0 Å². The Hall–Kier alpha value is -2.91. The minimum absolute atomic E-state index is 0.300. The van der Waals surface area contributed by atoms with Gasteiger partial charge in [-0.05, 0) is 90.4 Å². The normalized spacial score (nSPS) is 26.5. The van der Waals surface area contributed by atoms with E-state index in [1.54, 1.807) is 18.3 Å². The summed E-state index contributed by atoms with van der Waals surface area (Å²) in [6.45, 7) is 5.97. The Morgan fingerprint density at radius 3 is 2.63 bits per heavy atom. The maximum absolute atomic E-state index is 13.1. The third-order valence-corrected chi connectivity index (χ3v) is 10.4. The van der Waals surface area contributed by atoms with Crippen LogP contribution in [0.3, 0.4) is 0 Å². The molecule has 3 aliphatic rings. The van der Waals surface area contributed by atoms with Gasteiger partial charge in [-0.15, -0.1) is 0 Å². The molecule has 38 heavy (non-hydrogen) atoms. The number of hydrogen-bond donors (Lipinski definition) is 3. The fourth-order valence-electron chi connectivity index (χ4n) is 6.02. The number of sulfonamides is 1. The van der Waals surface area contributed by atoms with Gasteiger partial charge in [0.25, 0.3) is 0 Å². The second-order valence-electron chi connectivity index (χ2n) is 11.8. The van der Waals surface area contributed by atoms with Crippen molar-refractivity contribution in [1.82, 2.24) is 24.3 Å². The molecular formula is C27H37N7O3S. The first-order valence-corrected chi connectivity index (χ1v) is 14.5. The summed E-state index contributed by atoms with van der Waals surface area (Å²) in [5.41, 5.74) is 1.80. The Morgan fingerprint density at radius 1 is 1.29 bits per heavy atom. The highest BCUT2D eigenvalue weighted by Crippen LogP contribution is 2.43. The predicted molar refractivity (Wildman–Crippen MR) is 146 cm³/mol. The van der Waals surface area contributed by atoms with E-state index in [1.165, 1.54) is 4.31 Å². The van der Waals surface area contributed by atoms with Crippen molar-refractivity contribution in [3.05, 3.63) is 41.2 Å². The summed E-state index contributed by atoms with van der Waals surface area (Å²) in [5, 5.41) is 31.9. The standard InChI is InChI=1S/C27H37N7O3S/c1-26(2,3)33-17-18-16-19(6-7-22(18)38(33,36)37)30-24-23-21(10-15-29-25(23)35)34(31-24)27(13-14-28)11-8-20(9-12-27)32(4)5/h6-7,10,15-16,20,25,29,35H,8-9,11-13,17H2,1-5H3,(H,30,31)/t20-,25?,27+. The summed E-state index contributed by atoms with van der Waals surface area (Å²) in [5.74, 6) is 0.491. The van der Waals surface area contributed by atoms with Gasteiger partial charge < -0.3 is 20.6 Å². The Kier molecular flexibility index (Phi) is 6.59. The van der Waals surface area contributed by atoms with Gasteiger partial charge in [-0.25, -0.2) is 8.42 Å². The number of benzene rings is 1. The van der Waals surface area contributed by atoms with Crippen LogP contribution in [0.4, 0.5) is 11.5 Å². The van der Waals surface area contributed by atoms with Crippen molar-refractivity contribution < 1.29 is 13.5 Å². The number of fused-ring (bicyclic) bond motifs is 2. The average molecular weight is 540 g/mol. The van der Waals surface area contributed by atoms with Crippen molar-refractivity contribution in [2.75, 3.05) is 19.4 Å². The molecule has 1 fully saturated rings. The molecule has 1 aromatic heterocycles. The highest BCUT2D eigenvalue weighted by atomic mass is 32.2. The van der Waals surface area contributed by atoms with Crippen molar-refractivity contribution in [2.45, 2.75) is 87.7 Å². The molecule has 3 heterocycles. The van der Waals surface area contributed by atoms with Gasteiger partial charge in [0.05, 0.1) is 34.2 Å². The van der Waals surface area contributed by atoms with E-state index in [-0.39, 0.29) is 0 Å². The zero-order valence-electron chi connectivity index (χ0n) is 22.7. The first kappa shape index (κ1) is 26.7. The Morgan fingerprint density at radius 2 is 2.00 bits per heavy atom. The number of aliphatic hydroxyl groups excluding tert-OH is 1. The molecule has 1 unspecified atom stereocenters. The zero-order chi connectivity index (χ0) is 27.5. The highest BCUT2D eigenvalue weighted by molar-refractivity contribution is 7.89. The van der Waals surface area contributed by atoms with Gasteiger partial charge in [0.15, 0.2) is 12.0 Å². The van der Waals surface area contributed by atoms with Crippen LogP contribution in [0.25, 0.3) is 6.08 Å². The van der Waals surface area contributed by atoms with E-state index in [2.05, 4.69) is 35.7 Å². The van der Waals surface area contributed by atoms with Crippen LogP contribution in [0.2, 0.25) is 0 Å². The molecule has 1 aliphatic carbocycles. The molecule has 1 saturated carbocycles. The van der Waals surface area contributed by atoms with Crippen LogP contribution in [0.1, 0.15) is 75.9 Å². The van der Waals surface area contributed by atoms with Crippen molar-refractivity contribution in [1.29, 1.82) is 5.26 Å². The molecule has 3 N–H and O–H groups in total. The van der Waals surface area contributed by atoms with Crippen LogP contribution in [0, 0.1) is 11.3 Å². The maximum Gasteiger partial charge on any atom is 0.244 e. The van der Waals surface area contributed by atoms with E-state index in [0.717, 1.165) is 36.9 Å². The van der Waals surface area contributed by atoms with Gasteiger partial charge in [-0.3, -0.25) is 4.68 Å². The summed E-state index contributed by atoms with van der Waals surface area (Å²) in [4.78, 5) is 2.56. The smallest absolute Gasteiger partial charge is 0.244 e. The molecular weight excluding hydrogens is 502 g/mol. The molecule has 0 bridgehead atoms. The molecule has 0 radical (unpaired) electrons. The molecule has 0 amide bonds. The predicted octanol–water partition coefficient (Wildman–Crippen LogP) is 3.61. The summed E-state index contributed by atoms with van der Waals surface area (Å²) in [6, 6.07) is 8.07. The second kappa shape index (κ2) is 9.38. The van der Waals surface area contributed by atoms with Crippen molar-refractivity contribution in [3.8, 4) is 6.07 Å². The van der Waals surface area contributed by atoms with Gasteiger partial charge >= 0.3 is 0 Å². The number of hydrogen-bond acceptors (Lipinski definition) is 8. The SMILES string of the molecule is CN(C)[C@H]1CC[C@@](CC#N)(n2nc(Nc3ccc4c(c3)CN(C(C)(C)C)S4(=O)=O)c3c2C=CNC3O)CC1. The van der Waals surface area contributed by atoms with Gasteiger partial charge in [0.2, 0.25) is 10.0 Å². The number of aliphatic hydroxyl groups is 1. The fourth-order valence-corrected chi connectivity index (χ4v) is 7.98. The second-order valence-corrected chi connectivity index (χ2v) is 13.7. The first-order chi connectivity index (χ1) is 17.9. The Bertz CT molecular complexity index is 1410. The van der Waals surface area contributed by atoms with E-state index in [0.29, 0.717) is 41.0 Å². The van der Waals surface area contributed by atoms with Crippen LogP contribution >= 0.6 is 0 Å². The Balaban J connectivity index is 1.52. The molecule has 1 aromatic carbocycles. The zero-order valence-corrected chi connectivity index (χ0v) is 23.5.